The summed E-state index contributed by atoms with van der Waals surface area (Å²) in [7, 11) is 0. The second kappa shape index (κ2) is 6.98. The maximum atomic E-state index is 12.6. The Bertz CT molecular complexity index is 1270. The number of carbonyl (C=O) groups excluding carboxylic acids is 1. The van der Waals surface area contributed by atoms with Crippen molar-refractivity contribution < 1.29 is 19.4 Å². The van der Waals surface area contributed by atoms with Gasteiger partial charge in [0.1, 0.15) is 0 Å². The van der Waals surface area contributed by atoms with Gasteiger partial charge in [-0.25, -0.2) is 9.89 Å². The molecule has 4 aromatic rings. The van der Waals surface area contributed by atoms with Crippen molar-refractivity contribution in [2.24, 2.45) is 0 Å². The first-order valence-corrected chi connectivity index (χ1v) is 9.24. The Kier molecular flexibility index (Phi) is 4.47. The number of aromatic nitrogens is 3. The molecule has 4 rings (SSSR count). The number of benzene rings is 2. The van der Waals surface area contributed by atoms with Crippen molar-refractivity contribution >= 4 is 22.8 Å². The summed E-state index contributed by atoms with van der Waals surface area (Å²) in [6.45, 7) is 5.30. The first kappa shape index (κ1) is 18.6. The fourth-order valence-corrected chi connectivity index (χ4v) is 3.84. The predicted molar refractivity (Wildman–Crippen MR) is 109 cm³/mol. The van der Waals surface area contributed by atoms with Gasteiger partial charge in [-0.1, -0.05) is 30.3 Å². The number of aromatic amines is 1. The number of nitrogens with zero attached hydrogens (tertiary/aromatic N) is 2. The zero-order valence-corrected chi connectivity index (χ0v) is 16.4. The van der Waals surface area contributed by atoms with E-state index < -0.39 is 5.97 Å². The lowest BCUT2D eigenvalue weighted by molar-refractivity contribution is -0.632. The molecule has 0 unspecified atom stereocenters. The standard InChI is InChI=1S/C23H19N3O3/c1-13-19-14(2)25-26(16-9-5-4-6-10-16)22(19)24-21(20(13)15(3)27)17-11-7-8-12-18(17)23(28)29/h4-12H,1-3H3,(H,28,29)/p+1. The molecule has 144 valence electrons. The van der Waals surface area contributed by atoms with Crippen molar-refractivity contribution in [3.8, 4) is 16.9 Å². The van der Waals surface area contributed by atoms with E-state index in [9.17, 15) is 14.7 Å². The maximum Gasteiger partial charge on any atom is 0.356 e. The molecule has 0 aliphatic carbocycles. The molecule has 0 aliphatic rings. The van der Waals surface area contributed by atoms with Crippen LogP contribution >= 0.6 is 0 Å². The quantitative estimate of drug-likeness (QED) is 0.410. The smallest absolute Gasteiger partial charge is 0.356 e. The Balaban J connectivity index is 2.14. The molecule has 0 radical (unpaired) electrons. The molecule has 6 heteroatoms. The zero-order valence-electron chi connectivity index (χ0n) is 16.4. The van der Waals surface area contributed by atoms with Crippen LogP contribution in [0.3, 0.4) is 0 Å². The van der Waals surface area contributed by atoms with E-state index in [4.69, 9.17) is 4.98 Å². The third-order valence-electron chi connectivity index (χ3n) is 5.07. The summed E-state index contributed by atoms with van der Waals surface area (Å²) < 4.78 is 1.86. The van der Waals surface area contributed by atoms with Crippen molar-refractivity contribution in [3.63, 3.8) is 0 Å². The van der Waals surface area contributed by atoms with Crippen LogP contribution in [0.15, 0.2) is 54.6 Å². The van der Waals surface area contributed by atoms with Gasteiger partial charge in [-0.05, 0) is 55.6 Å². The average molecular weight is 386 g/mol. The minimum Gasteiger partial charge on any atom is -0.478 e. The van der Waals surface area contributed by atoms with Gasteiger partial charge in [0.2, 0.25) is 0 Å². The van der Waals surface area contributed by atoms with Gasteiger partial charge in [0.05, 0.1) is 22.2 Å². The summed E-state index contributed by atoms with van der Waals surface area (Å²) in [6, 6.07) is 16.3. The predicted octanol–water partition coefficient (Wildman–Crippen LogP) is 4.02. The van der Waals surface area contributed by atoms with Gasteiger partial charge in [0.25, 0.3) is 0 Å². The van der Waals surface area contributed by atoms with E-state index in [0.29, 0.717) is 22.5 Å². The van der Waals surface area contributed by atoms with Gasteiger partial charge in [-0.2, -0.15) is 0 Å². The Labute approximate surface area is 167 Å². The lowest BCUT2D eigenvalue weighted by atomic mass is 9.94. The summed E-state index contributed by atoms with van der Waals surface area (Å²) >= 11 is 0. The Morgan fingerprint density at radius 1 is 1.00 bits per heavy atom. The van der Waals surface area contributed by atoms with Crippen LogP contribution in [-0.4, -0.2) is 26.9 Å². The highest BCUT2D eigenvalue weighted by molar-refractivity contribution is 6.07. The number of rotatable bonds is 4. The SMILES string of the molecule is CC(=O)c1c(-c2ccccc2C(=O)O)nc2c(c(C)[nH][n+]2-c2ccccc2)c1C. The van der Waals surface area contributed by atoms with Crippen molar-refractivity contribution in [2.75, 3.05) is 0 Å². The summed E-state index contributed by atoms with van der Waals surface area (Å²) in [4.78, 5) is 29.2. The van der Waals surface area contributed by atoms with Crippen LogP contribution in [0.4, 0.5) is 0 Å². The second-order valence-electron chi connectivity index (χ2n) is 6.97. The van der Waals surface area contributed by atoms with Crippen LogP contribution in [0.5, 0.6) is 0 Å². The highest BCUT2D eigenvalue weighted by Gasteiger charge is 2.30. The lowest BCUT2D eigenvalue weighted by Gasteiger charge is -2.08. The molecule has 0 bridgehead atoms. The largest absolute Gasteiger partial charge is 0.478 e. The number of para-hydroxylation sites is 1. The van der Waals surface area contributed by atoms with Gasteiger partial charge >= 0.3 is 11.6 Å². The van der Waals surface area contributed by atoms with E-state index >= 15 is 0 Å². The number of carbonyl (C=O) groups is 2. The Morgan fingerprint density at radius 2 is 1.66 bits per heavy atom. The lowest BCUT2D eigenvalue weighted by Crippen LogP contribution is -2.33. The van der Waals surface area contributed by atoms with Gasteiger partial charge in [0.15, 0.2) is 17.2 Å². The normalized spacial score (nSPS) is 11.0. The second-order valence-corrected chi connectivity index (χ2v) is 6.97. The number of hydrogen-bond acceptors (Lipinski definition) is 3. The van der Waals surface area contributed by atoms with Gasteiger partial charge < -0.3 is 5.11 Å². The number of H-pyrrole nitrogens is 1. The van der Waals surface area contributed by atoms with Crippen LogP contribution in [0, 0.1) is 13.8 Å². The van der Waals surface area contributed by atoms with Crippen LogP contribution in [0.2, 0.25) is 0 Å². The molecule has 29 heavy (non-hydrogen) atoms. The van der Waals surface area contributed by atoms with E-state index in [2.05, 4.69) is 5.10 Å². The van der Waals surface area contributed by atoms with Crippen molar-refractivity contribution in [3.05, 3.63) is 77.0 Å². The summed E-state index contributed by atoms with van der Waals surface area (Å²) in [6.07, 6.45) is 0. The summed E-state index contributed by atoms with van der Waals surface area (Å²) in [5.74, 6) is -1.21. The molecule has 2 N–H and O–H groups in total. The summed E-state index contributed by atoms with van der Waals surface area (Å²) in [5.41, 5.74) is 4.55. The molecule has 0 amide bonds. The number of carboxylic acids is 1. The number of hydrogen-bond donors (Lipinski definition) is 2. The number of carboxylic acid groups (broad SMARTS) is 1. The third-order valence-corrected chi connectivity index (χ3v) is 5.07. The van der Waals surface area contributed by atoms with Gasteiger partial charge in [-0.3, -0.25) is 4.79 Å². The highest BCUT2D eigenvalue weighted by atomic mass is 16.4. The zero-order chi connectivity index (χ0) is 20.7. The number of aromatic carboxylic acids is 1. The number of aryl methyl sites for hydroxylation is 2. The third kappa shape index (κ3) is 2.99. The minimum atomic E-state index is -1.06. The molecule has 2 heterocycles. The fourth-order valence-electron chi connectivity index (χ4n) is 3.84. The number of nitrogens with one attached hydrogen (secondary N) is 1. The van der Waals surface area contributed by atoms with E-state index in [1.54, 1.807) is 18.2 Å². The van der Waals surface area contributed by atoms with Crippen LogP contribution in [0.25, 0.3) is 28.0 Å². The molecular formula is C23H20N3O3+. The molecule has 0 atom stereocenters. The molecule has 6 nitrogen and oxygen atoms in total. The van der Waals surface area contributed by atoms with E-state index in [0.717, 1.165) is 22.3 Å². The number of ketones is 1. The highest BCUT2D eigenvalue weighted by Crippen LogP contribution is 2.32. The van der Waals surface area contributed by atoms with Gasteiger partial charge in [0, 0.05) is 5.56 Å². The summed E-state index contributed by atoms with van der Waals surface area (Å²) in [5, 5.41) is 13.8. The van der Waals surface area contributed by atoms with E-state index in [-0.39, 0.29) is 11.3 Å². The Morgan fingerprint density at radius 3 is 2.31 bits per heavy atom. The maximum absolute atomic E-state index is 12.6. The topological polar surface area (TPSA) is 86.9 Å². The Hall–Kier alpha value is -3.80. The van der Waals surface area contributed by atoms with Gasteiger partial charge in [-0.15, -0.1) is 4.68 Å². The first-order chi connectivity index (χ1) is 13.9. The number of Topliss-reactive ketones (excluding diaryl/α,β-unsaturated/α-hetero) is 1. The molecule has 0 fully saturated rings. The fraction of sp³-hybridized carbons (Fsp3) is 0.130. The van der Waals surface area contributed by atoms with E-state index in [1.807, 2.05) is 48.9 Å². The minimum absolute atomic E-state index is 0.111. The number of fused-ring (bicyclic) bond motifs is 1. The average Bonchev–Trinajstić information content (AvgIpc) is 3.05. The first-order valence-electron chi connectivity index (χ1n) is 9.24. The molecular weight excluding hydrogens is 366 g/mol. The van der Waals surface area contributed by atoms with Crippen LogP contribution in [0.1, 0.15) is 38.9 Å². The monoisotopic (exact) mass is 386 g/mol. The molecule has 2 aromatic heterocycles. The van der Waals surface area contributed by atoms with Crippen LogP contribution in [-0.2, 0) is 0 Å². The van der Waals surface area contributed by atoms with E-state index in [1.165, 1.54) is 13.0 Å². The molecule has 0 spiro atoms. The number of pyridine rings is 1. The molecule has 0 saturated carbocycles. The van der Waals surface area contributed by atoms with Crippen molar-refractivity contribution in [1.82, 2.24) is 10.1 Å². The van der Waals surface area contributed by atoms with Crippen LogP contribution < -0.4 is 4.68 Å². The van der Waals surface area contributed by atoms with Crippen molar-refractivity contribution in [1.29, 1.82) is 0 Å². The molecule has 0 saturated heterocycles. The molecule has 0 aliphatic heterocycles. The molecule has 2 aromatic carbocycles. The van der Waals surface area contributed by atoms with Crippen molar-refractivity contribution in [2.45, 2.75) is 20.8 Å².